The van der Waals surface area contributed by atoms with E-state index >= 15 is 0 Å². The molecule has 0 unspecified atom stereocenters. The average molecular weight is 166 g/mol. The van der Waals surface area contributed by atoms with Crippen molar-refractivity contribution in [2.24, 2.45) is 0 Å². The molecule has 0 radical (unpaired) electrons. The van der Waals surface area contributed by atoms with Crippen LogP contribution in [-0.2, 0) is 11.5 Å². The molecular weight excluding hydrogens is 160 g/mol. The minimum atomic E-state index is 1.24. The maximum absolute atomic E-state index is 2.36. The standard InChI is InChI=1S/C8H6S2/c1-5-3-10-8(5)2-6-4-9-7(1)6/h1-2H,3-4H2. The summed E-state index contributed by atoms with van der Waals surface area (Å²) in [6, 6.07) is 4.71. The summed E-state index contributed by atoms with van der Waals surface area (Å²) in [6.07, 6.45) is 0. The van der Waals surface area contributed by atoms with Crippen LogP contribution in [0.1, 0.15) is 11.1 Å². The summed E-state index contributed by atoms with van der Waals surface area (Å²) in [4.78, 5) is 3.05. The Bertz CT molecular complexity index is 246. The fourth-order valence-electron chi connectivity index (χ4n) is 1.29. The van der Waals surface area contributed by atoms with Gasteiger partial charge in [-0.25, -0.2) is 0 Å². The molecule has 2 heteroatoms. The largest absolute Gasteiger partial charge is 0.121 e. The summed E-state index contributed by atoms with van der Waals surface area (Å²) >= 11 is 3.96. The van der Waals surface area contributed by atoms with E-state index in [-0.39, 0.29) is 0 Å². The zero-order chi connectivity index (χ0) is 6.55. The second-order valence-electron chi connectivity index (χ2n) is 2.65. The van der Waals surface area contributed by atoms with Gasteiger partial charge < -0.3 is 0 Å². The van der Waals surface area contributed by atoms with E-state index in [1.165, 1.54) is 21.3 Å². The van der Waals surface area contributed by atoms with Gasteiger partial charge in [-0.1, -0.05) is 0 Å². The summed E-state index contributed by atoms with van der Waals surface area (Å²) in [5, 5.41) is 0. The molecule has 0 N–H and O–H groups in total. The molecule has 1 aromatic carbocycles. The second-order valence-corrected chi connectivity index (χ2v) is 4.68. The summed E-state index contributed by atoms with van der Waals surface area (Å²) in [6.45, 7) is 0. The predicted molar refractivity (Wildman–Crippen MR) is 45.6 cm³/mol. The zero-order valence-corrected chi connectivity index (χ0v) is 7.02. The van der Waals surface area contributed by atoms with E-state index in [0.717, 1.165) is 0 Å². The molecule has 0 spiro atoms. The predicted octanol–water partition coefficient (Wildman–Crippen LogP) is 2.90. The lowest BCUT2D eigenvalue weighted by atomic mass is 10.1. The van der Waals surface area contributed by atoms with Crippen molar-refractivity contribution in [3.63, 3.8) is 0 Å². The Morgan fingerprint density at radius 1 is 0.900 bits per heavy atom. The van der Waals surface area contributed by atoms with Gasteiger partial charge in [0.1, 0.15) is 0 Å². The molecular formula is C8H6S2. The first-order valence-electron chi connectivity index (χ1n) is 3.35. The second kappa shape index (κ2) is 1.74. The van der Waals surface area contributed by atoms with Crippen LogP contribution in [0.15, 0.2) is 21.9 Å². The van der Waals surface area contributed by atoms with Gasteiger partial charge in [0.05, 0.1) is 0 Å². The summed E-state index contributed by atoms with van der Waals surface area (Å²) in [5.74, 6) is 2.48. The minimum Gasteiger partial charge on any atom is -0.121 e. The van der Waals surface area contributed by atoms with Crippen LogP contribution in [0, 0.1) is 0 Å². The third-order valence-electron chi connectivity index (χ3n) is 2.01. The molecule has 1 aromatic rings. The summed E-state index contributed by atoms with van der Waals surface area (Å²) < 4.78 is 0. The molecule has 0 amide bonds. The number of fused-ring (bicyclic) bond motifs is 2. The number of hydrogen-bond donors (Lipinski definition) is 0. The molecule has 0 saturated carbocycles. The van der Waals surface area contributed by atoms with Gasteiger partial charge >= 0.3 is 0 Å². The highest BCUT2D eigenvalue weighted by Gasteiger charge is 2.21. The third-order valence-corrected chi connectivity index (χ3v) is 4.30. The smallest absolute Gasteiger partial charge is 0.0243 e. The van der Waals surface area contributed by atoms with Gasteiger partial charge in [-0.05, 0) is 23.3 Å². The topological polar surface area (TPSA) is 0 Å². The van der Waals surface area contributed by atoms with Crippen molar-refractivity contribution in [3.8, 4) is 0 Å². The fraction of sp³-hybridized carbons (Fsp3) is 0.250. The molecule has 2 aliphatic rings. The molecule has 0 atom stereocenters. The molecule has 0 nitrogen and oxygen atoms in total. The number of benzene rings is 1. The quantitative estimate of drug-likeness (QED) is 0.581. The van der Waals surface area contributed by atoms with Crippen LogP contribution >= 0.6 is 23.5 Å². The van der Waals surface area contributed by atoms with E-state index in [2.05, 4.69) is 12.1 Å². The van der Waals surface area contributed by atoms with Gasteiger partial charge in [0.15, 0.2) is 0 Å². The molecule has 50 valence electrons. The third kappa shape index (κ3) is 0.565. The molecule has 3 rings (SSSR count). The van der Waals surface area contributed by atoms with Crippen molar-refractivity contribution < 1.29 is 0 Å². The Balaban J connectivity index is 2.29. The van der Waals surface area contributed by atoms with E-state index in [1.54, 1.807) is 11.1 Å². The molecule has 10 heavy (non-hydrogen) atoms. The maximum atomic E-state index is 2.36. The highest BCUT2D eigenvalue weighted by Crippen LogP contribution is 2.46. The van der Waals surface area contributed by atoms with Crippen LogP contribution in [0.25, 0.3) is 0 Å². The van der Waals surface area contributed by atoms with Gasteiger partial charge in [-0.15, -0.1) is 23.5 Å². The van der Waals surface area contributed by atoms with Gasteiger partial charge in [0, 0.05) is 21.3 Å². The van der Waals surface area contributed by atoms with E-state index in [9.17, 15) is 0 Å². The van der Waals surface area contributed by atoms with Crippen LogP contribution in [0.3, 0.4) is 0 Å². The average Bonchev–Trinajstić information content (AvgIpc) is 1.82. The van der Waals surface area contributed by atoms with Crippen LogP contribution < -0.4 is 0 Å². The number of thioether (sulfide) groups is 2. The Morgan fingerprint density at radius 3 is 1.70 bits per heavy atom. The van der Waals surface area contributed by atoms with Crippen molar-refractivity contribution in [1.82, 2.24) is 0 Å². The highest BCUT2D eigenvalue weighted by atomic mass is 32.2. The highest BCUT2D eigenvalue weighted by molar-refractivity contribution is 8.00. The van der Waals surface area contributed by atoms with E-state index in [1.807, 2.05) is 23.5 Å². The lowest BCUT2D eigenvalue weighted by Gasteiger charge is -2.25. The van der Waals surface area contributed by atoms with Gasteiger partial charge in [-0.3, -0.25) is 0 Å². The Morgan fingerprint density at radius 2 is 1.40 bits per heavy atom. The molecule has 0 bridgehead atoms. The van der Waals surface area contributed by atoms with Crippen LogP contribution in [0.5, 0.6) is 0 Å². The molecule has 2 aliphatic heterocycles. The Labute approximate surface area is 68.4 Å². The van der Waals surface area contributed by atoms with E-state index in [4.69, 9.17) is 0 Å². The number of hydrogen-bond acceptors (Lipinski definition) is 2. The molecule has 0 aromatic heterocycles. The summed E-state index contributed by atoms with van der Waals surface area (Å²) in [5.41, 5.74) is 3.13. The molecule has 0 fully saturated rings. The SMILES string of the molecule is c1c2c(cc3c1SC3)SC2. The Kier molecular flexibility index (Phi) is 0.968. The van der Waals surface area contributed by atoms with Crippen molar-refractivity contribution in [3.05, 3.63) is 23.3 Å². The van der Waals surface area contributed by atoms with Gasteiger partial charge in [0.25, 0.3) is 0 Å². The first-order chi connectivity index (χ1) is 4.93. The van der Waals surface area contributed by atoms with Crippen molar-refractivity contribution >= 4 is 23.5 Å². The molecule has 0 aliphatic carbocycles. The van der Waals surface area contributed by atoms with Crippen LogP contribution in [-0.4, -0.2) is 0 Å². The fourth-order valence-corrected chi connectivity index (χ4v) is 2.98. The Hall–Kier alpha value is -0.0800. The normalized spacial score (nSPS) is 18.4. The first kappa shape index (κ1) is 5.56. The molecule has 0 saturated heterocycles. The van der Waals surface area contributed by atoms with Gasteiger partial charge in [-0.2, -0.15) is 0 Å². The van der Waals surface area contributed by atoms with Crippen molar-refractivity contribution in [2.75, 3.05) is 0 Å². The summed E-state index contributed by atoms with van der Waals surface area (Å²) in [7, 11) is 0. The lowest BCUT2D eigenvalue weighted by Crippen LogP contribution is -2.03. The number of rotatable bonds is 0. The van der Waals surface area contributed by atoms with Crippen LogP contribution in [0.4, 0.5) is 0 Å². The lowest BCUT2D eigenvalue weighted by molar-refractivity contribution is 1.08. The first-order valence-corrected chi connectivity index (χ1v) is 5.32. The molecule has 2 heterocycles. The van der Waals surface area contributed by atoms with E-state index in [0.29, 0.717) is 0 Å². The van der Waals surface area contributed by atoms with E-state index < -0.39 is 0 Å². The minimum absolute atomic E-state index is 1.24. The maximum Gasteiger partial charge on any atom is 0.0243 e. The zero-order valence-electron chi connectivity index (χ0n) is 5.39. The van der Waals surface area contributed by atoms with Crippen molar-refractivity contribution in [1.29, 1.82) is 0 Å². The van der Waals surface area contributed by atoms with Crippen molar-refractivity contribution in [2.45, 2.75) is 21.3 Å². The van der Waals surface area contributed by atoms with Gasteiger partial charge in [0.2, 0.25) is 0 Å². The monoisotopic (exact) mass is 166 g/mol. The van der Waals surface area contributed by atoms with Crippen LogP contribution in [0.2, 0.25) is 0 Å².